The number of hydrogen-bond acceptors (Lipinski definition) is 3. The zero-order valence-corrected chi connectivity index (χ0v) is 19.9. The van der Waals surface area contributed by atoms with Crippen LogP contribution in [0.2, 0.25) is 0 Å². The van der Waals surface area contributed by atoms with Crippen LogP contribution < -0.4 is 0 Å². The Morgan fingerprint density at radius 3 is 1.90 bits per heavy atom. The first kappa shape index (κ1) is 26.1. The molecule has 0 amide bonds. The molecule has 0 radical (unpaired) electrons. The highest BCUT2D eigenvalue weighted by Gasteiger charge is 2.23. The van der Waals surface area contributed by atoms with E-state index < -0.39 is 0 Å². The van der Waals surface area contributed by atoms with Gasteiger partial charge in [0.25, 0.3) is 0 Å². The lowest BCUT2D eigenvalue weighted by Crippen LogP contribution is -2.33. The zero-order valence-electron chi connectivity index (χ0n) is 19.9. The standard InChI is InChI=1S/C28H46O3/c1-2-3-4-5-6-7-8-9-10-11-12-13-14-15-16-20-23-29-27-24-30-28(31-25-27)26-21-18-17-19-22-26/h9-10,17-19,21-22,27-28H,2-8,11-16,20,23-25H2,1H3/b10-9+. The summed E-state index contributed by atoms with van der Waals surface area (Å²) in [7, 11) is 0. The van der Waals surface area contributed by atoms with Gasteiger partial charge in [-0.3, -0.25) is 0 Å². The molecule has 1 aliphatic rings. The Morgan fingerprint density at radius 1 is 0.742 bits per heavy atom. The molecule has 176 valence electrons. The third kappa shape index (κ3) is 13.1. The van der Waals surface area contributed by atoms with Crippen molar-refractivity contribution < 1.29 is 14.2 Å². The van der Waals surface area contributed by atoms with Crippen molar-refractivity contribution in [3.8, 4) is 0 Å². The molecule has 31 heavy (non-hydrogen) atoms. The quantitative estimate of drug-likeness (QED) is 0.174. The average molecular weight is 431 g/mol. The summed E-state index contributed by atoms with van der Waals surface area (Å²) in [5.74, 6) is 0. The third-order valence-electron chi connectivity index (χ3n) is 5.95. The molecule has 1 aromatic carbocycles. The normalized spacial score (nSPS) is 19.3. The molecule has 1 saturated heterocycles. The molecule has 0 atom stereocenters. The minimum Gasteiger partial charge on any atom is -0.373 e. The van der Waals surface area contributed by atoms with E-state index in [4.69, 9.17) is 14.2 Å². The van der Waals surface area contributed by atoms with Crippen LogP contribution in [-0.4, -0.2) is 25.9 Å². The fraction of sp³-hybridized carbons (Fsp3) is 0.714. The van der Waals surface area contributed by atoms with Crippen molar-refractivity contribution in [3.05, 3.63) is 48.0 Å². The van der Waals surface area contributed by atoms with Crippen LogP contribution in [0.3, 0.4) is 0 Å². The van der Waals surface area contributed by atoms with E-state index in [9.17, 15) is 0 Å². The molecular formula is C28H46O3. The highest BCUT2D eigenvalue weighted by atomic mass is 16.7. The molecule has 0 saturated carbocycles. The summed E-state index contributed by atoms with van der Waals surface area (Å²) in [5, 5.41) is 0. The topological polar surface area (TPSA) is 27.7 Å². The summed E-state index contributed by atoms with van der Waals surface area (Å²) < 4.78 is 17.5. The molecule has 0 spiro atoms. The van der Waals surface area contributed by atoms with Crippen molar-refractivity contribution in [2.45, 2.75) is 109 Å². The minimum atomic E-state index is -0.244. The van der Waals surface area contributed by atoms with Gasteiger partial charge in [0.2, 0.25) is 0 Å². The van der Waals surface area contributed by atoms with Crippen LogP contribution in [0.15, 0.2) is 42.5 Å². The van der Waals surface area contributed by atoms with Crippen LogP contribution in [0, 0.1) is 0 Å². The summed E-state index contributed by atoms with van der Waals surface area (Å²) >= 11 is 0. The van der Waals surface area contributed by atoms with E-state index in [-0.39, 0.29) is 12.4 Å². The van der Waals surface area contributed by atoms with Crippen LogP contribution in [0.4, 0.5) is 0 Å². The molecular weight excluding hydrogens is 384 g/mol. The van der Waals surface area contributed by atoms with E-state index in [1.54, 1.807) is 0 Å². The number of ether oxygens (including phenoxy) is 3. The van der Waals surface area contributed by atoms with Gasteiger partial charge in [0.05, 0.1) is 13.2 Å². The number of benzene rings is 1. The SMILES string of the molecule is CCCCCCCC/C=C/CCCCCCCCOC1COC(c2ccccc2)OC1. The van der Waals surface area contributed by atoms with E-state index in [0.29, 0.717) is 13.2 Å². The molecule has 1 heterocycles. The van der Waals surface area contributed by atoms with Gasteiger partial charge >= 0.3 is 0 Å². The van der Waals surface area contributed by atoms with Gasteiger partial charge in [-0.05, 0) is 32.1 Å². The first-order valence-corrected chi connectivity index (χ1v) is 12.9. The molecule has 2 rings (SSSR count). The molecule has 3 nitrogen and oxygen atoms in total. The molecule has 1 aromatic rings. The van der Waals surface area contributed by atoms with Gasteiger partial charge in [0.15, 0.2) is 6.29 Å². The van der Waals surface area contributed by atoms with Gasteiger partial charge in [-0.25, -0.2) is 0 Å². The Kier molecular flexibility index (Phi) is 15.5. The maximum absolute atomic E-state index is 5.93. The lowest BCUT2D eigenvalue weighted by molar-refractivity contribution is -0.230. The fourth-order valence-corrected chi connectivity index (χ4v) is 3.98. The Bertz CT molecular complexity index is 534. The smallest absolute Gasteiger partial charge is 0.184 e. The Hall–Kier alpha value is -1.16. The van der Waals surface area contributed by atoms with Gasteiger partial charge in [0.1, 0.15) is 6.10 Å². The van der Waals surface area contributed by atoms with Crippen molar-refractivity contribution in [1.29, 1.82) is 0 Å². The zero-order chi connectivity index (χ0) is 21.8. The Balaban J connectivity index is 1.31. The second kappa shape index (κ2) is 18.4. The summed E-state index contributed by atoms with van der Waals surface area (Å²) in [6.45, 7) is 4.33. The average Bonchev–Trinajstić information content (AvgIpc) is 2.82. The second-order valence-corrected chi connectivity index (χ2v) is 8.84. The van der Waals surface area contributed by atoms with E-state index in [0.717, 1.165) is 18.6 Å². The van der Waals surface area contributed by atoms with Crippen molar-refractivity contribution in [2.24, 2.45) is 0 Å². The van der Waals surface area contributed by atoms with Gasteiger partial charge < -0.3 is 14.2 Å². The van der Waals surface area contributed by atoms with E-state index >= 15 is 0 Å². The van der Waals surface area contributed by atoms with Gasteiger partial charge in [-0.15, -0.1) is 0 Å². The van der Waals surface area contributed by atoms with Crippen molar-refractivity contribution in [3.63, 3.8) is 0 Å². The number of unbranched alkanes of at least 4 members (excludes halogenated alkanes) is 12. The molecule has 0 unspecified atom stereocenters. The van der Waals surface area contributed by atoms with Gasteiger partial charge in [-0.1, -0.05) is 107 Å². The van der Waals surface area contributed by atoms with E-state index in [1.807, 2.05) is 30.3 Å². The van der Waals surface area contributed by atoms with Crippen LogP contribution in [0.1, 0.15) is 109 Å². The lowest BCUT2D eigenvalue weighted by atomic mass is 10.1. The molecule has 0 aliphatic carbocycles. The van der Waals surface area contributed by atoms with Crippen molar-refractivity contribution in [2.75, 3.05) is 19.8 Å². The summed E-state index contributed by atoms with van der Waals surface area (Å²) in [5.41, 5.74) is 1.08. The Morgan fingerprint density at radius 2 is 1.29 bits per heavy atom. The van der Waals surface area contributed by atoms with Crippen LogP contribution in [0.5, 0.6) is 0 Å². The lowest BCUT2D eigenvalue weighted by Gasteiger charge is -2.29. The first-order valence-electron chi connectivity index (χ1n) is 12.9. The largest absolute Gasteiger partial charge is 0.373 e. The summed E-state index contributed by atoms with van der Waals surface area (Å²) in [6.07, 6.45) is 23.3. The number of hydrogen-bond donors (Lipinski definition) is 0. The van der Waals surface area contributed by atoms with E-state index in [2.05, 4.69) is 19.1 Å². The predicted octanol–water partition coefficient (Wildman–Crippen LogP) is 8.15. The maximum atomic E-state index is 5.93. The maximum Gasteiger partial charge on any atom is 0.184 e. The fourth-order valence-electron chi connectivity index (χ4n) is 3.98. The summed E-state index contributed by atoms with van der Waals surface area (Å²) in [4.78, 5) is 0. The monoisotopic (exact) mass is 430 g/mol. The van der Waals surface area contributed by atoms with Crippen LogP contribution in [-0.2, 0) is 14.2 Å². The Labute approximate surface area is 191 Å². The highest BCUT2D eigenvalue weighted by molar-refractivity contribution is 5.16. The van der Waals surface area contributed by atoms with Crippen LogP contribution in [0.25, 0.3) is 0 Å². The second-order valence-electron chi connectivity index (χ2n) is 8.84. The third-order valence-corrected chi connectivity index (χ3v) is 5.95. The van der Waals surface area contributed by atoms with Crippen molar-refractivity contribution in [1.82, 2.24) is 0 Å². The molecule has 1 aliphatic heterocycles. The minimum absolute atomic E-state index is 0.0723. The van der Waals surface area contributed by atoms with Crippen molar-refractivity contribution >= 4 is 0 Å². The summed E-state index contributed by atoms with van der Waals surface area (Å²) in [6, 6.07) is 10.1. The first-order chi connectivity index (χ1) is 15.4. The molecule has 1 fully saturated rings. The molecule has 0 aromatic heterocycles. The molecule has 3 heteroatoms. The molecule has 0 N–H and O–H groups in total. The van der Waals surface area contributed by atoms with Crippen LogP contribution >= 0.6 is 0 Å². The van der Waals surface area contributed by atoms with E-state index in [1.165, 1.54) is 83.5 Å². The predicted molar refractivity (Wildman–Crippen MR) is 130 cm³/mol. The number of rotatable bonds is 18. The van der Waals surface area contributed by atoms with Gasteiger partial charge in [-0.2, -0.15) is 0 Å². The molecule has 0 bridgehead atoms. The van der Waals surface area contributed by atoms with Gasteiger partial charge in [0, 0.05) is 12.2 Å². The highest BCUT2D eigenvalue weighted by Crippen LogP contribution is 2.23. The number of allylic oxidation sites excluding steroid dienone is 2.